The first-order valence-corrected chi connectivity index (χ1v) is 4.24. The second-order valence-corrected chi connectivity index (χ2v) is 3.61. The summed E-state index contributed by atoms with van der Waals surface area (Å²) in [4.78, 5) is 22.3. The number of carbonyl (C=O) groups is 2. The van der Waals surface area contributed by atoms with Gasteiger partial charge in [0.15, 0.2) is 0 Å². The fraction of sp³-hybridized carbons (Fsp3) is 0.600. The molecule has 0 spiro atoms. The third-order valence-corrected chi connectivity index (χ3v) is 1.49. The Balaban J connectivity index is 4.29. The molecule has 0 unspecified atom stereocenters. The summed E-state index contributed by atoms with van der Waals surface area (Å²) in [5.74, 6) is -1.06. The van der Waals surface area contributed by atoms with Gasteiger partial charge in [-0.25, -0.2) is 4.79 Å². The molecular formula is C10H16O4. The van der Waals surface area contributed by atoms with Crippen molar-refractivity contribution < 1.29 is 19.1 Å². The number of hydrogen-bond donors (Lipinski definition) is 0. The van der Waals surface area contributed by atoms with Gasteiger partial charge in [-0.1, -0.05) is 12.2 Å². The molecule has 14 heavy (non-hydrogen) atoms. The molecule has 0 radical (unpaired) electrons. The van der Waals surface area contributed by atoms with Crippen molar-refractivity contribution >= 4 is 11.9 Å². The van der Waals surface area contributed by atoms with Gasteiger partial charge in [0.1, 0.15) is 0 Å². The van der Waals surface area contributed by atoms with Crippen LogP contribution < -0.4 is 0 Å². The van der Waals surface area contributed by atoms with Crippen LogP contribution in [0.1, 0.15) is 27.2 Å². The summed E-state index contributed by atoms with van der Waals surface area (Å²) in [5, 5.41) is 0. The maximum absolute atomic E-state index is 11.2. The Bertz CT molecular complexity index is 253. The van der Waals surface area contributed by atoms with E-state index in [1.165, 1.54) is 21.0 Å². The van der Waals surface area contributed by atoms with Crippen LogP contribution in [0.4, 0.5) is 0 Å². The second kappa shape index (κ2) is 4.79. The normalized spacial score (nSPS) is 10.6. The van der Waals surface area contributed by atoms with E-state index in [0.717, 1.165) is 0 Å². The summed E-state index contributed by atoms with van der Waals surface area (Å²) in [6.07, 6.45) is 0.112. The molecule has 0 heterocycles. The molecule has 0 aliphatic rings. The Morgan fingerprint density at radius 2 is 1.86 bits per heavy atom. The van der Waals surface area contributed by atoms with Gasteiger partial charge in [-0.2, -0.15) is 0 Å². The molecule has 0 aromatic heterocycles. The molecular weight excluding hydrogens is 184 g/mol. The van der Waals surface area contributed by atoms with Crippen molar-refractivity contribution in [3.05, 3.63) is 12.2 Å². The number of hydrogen-bond acceptors (Lipinski definition) is 4. The number of rotatable bonds is 4. The van der Waals surface area contributed by atoms with Crippen LogP contribution in [0, 0.1) is 0 Å². The minimum atomic E-state index is -1.23. The number of methoxy groups -OCH3 is 1. The molecule has 80 valence electrons. The van der Waals surface area contributed by atoms with E-state index in [2.05, 4.69) is 11.3 Å². The Hall–Kier alpha value is -1.32. The maximum atomic E-state index is 11.2. The first-order chi connectivity index (χ1) is 6.29. The Morgan fingerprint density at radius 3 is 2.21 bits per heavy atom. The Morgan fingerprint density at radius 1 is 1.36 bits per heavy atom. The summed E-state index contributed by atoms with van der Waals surface area (Å²) in [7, 11) is 1.25. The minimum absolute atomic E-state index is 0.112. The van der Waals surface area contributed by atoms with E-state index < -0.39 is 17.5 Å². The quantitative estimate of drug-likeness (QED) is 0.509. The zero-order valence-electron chi connectivity index (χ0n) is 9.05. The van der Waals surface area contributed by atoms with Crippen molar-refractivity contribution in [1.82, 2.24) is 0 Å². The zero-order valence-corrected chi connectivity index (χ0v) is 9.05. The van der Waals surface area contributed by atoms with E-state index in [9.17, 15) is 9.59 Å². The molecule has 4 heteroatoms. The first-order valence-electron chi connectivity index (χ1n) is 4.24. The molecule has 0 aliphatic carbocycles. The maximum Gasteiger partial charge on any atom is 0.349 e. The van der Waals surface area contributed by atoms with Crippen molar-refractivity contribution in [3.8, 4) is 0 Å². The molecule has 0 amide bonds. The van der Waals surface area contributed by atoms with Gasteiger partial charge in [0.2, 0.25) is 5.60 Å². The first kappa shape index (κ1) is 12.7. The highest BCUT2D eigenvalue weighted by molar-refractivity contribution is 5.83. The van der Waals surface area contributed by atoms with Crippen LogP contribution in [-0.2, 0) is 19.1 Å². The van der Waals surface area contributed by atoms with E-state index in [1.807, 2.05) is 0 Å². The van der Waals surface area contributed by atoms with Gasteiger partial charge >= 0.3 is 11.9 Å². The smallest absolute Gasteiger partial charge is 0.349 e. The van der Waals surface area contributed by atoms with E-state index in [0.29, 0.717) is 5.57 Å². The Kier molecular flexibility index (Phi) is 4.34. The van der Waals surface area contributed by atoms with E-state index in [1.54, 1.807) is 6.92 Å². The lowest BCUT2D eigenvalue weighted by Gasteiger charge is -2.21. The average Bonchev–Trinajstić information content (AvgIpc) is 1.99. The van der Waals surface area contributed by atoms with Crippen LogP contribution in [0.5, 0.6) is 0 Å². The van der Waals surface area contributed by atoms with Crippen molar-refractivity contribution in [2.24, 2.45) is 0 Å². The molecule has 0 saturated carbocycles. The third-order valence-electron chi connectivity index (χ3n) is 1.49. The molecule has 0 aromatic rings. The van der Waals surface area contributed by atoms with Crippen molar-refractivity contribution in [1.29, 1.82) is 0 Å². The van der Waals surface area contributed by atoms with Crippen LogP contribution in [0.2, 0.25) is 0 Å². The minimum Gasteiger partial charge on any atom is -0.466 e. The molecule has 0 aliphatic heterocycles. The topological polar surface area (TPSA) is 52.6 Å². The molecule has 0 atom stereocenters. The van der Waals surface area contributed by atoms with E-state index in [-0.39, 0.29) is 6.42 Å². The lowest BCUT2D eigenvalue weighted by Crippen LogP contribution is -2.38. The largest absolute Gasteiger partial charge is 0.466 e. The summed E-state index contributed by atoms with van der Waals surface area (Å²) >= 11 is 0. The predicted octanol–water partition coefficient (Wildman–Crippen LogP) is 1.45. The van der Waals surface area contributed by atoms with Crippen LogP contribution >= 0.6 is 0 Å². The SMILES string of the molecule is C=C(C)CC(=O)OC(C)(C)C(=O)OC. The van der Waals surface area contributed by atoms with Crippen LogP contribution in [0.15, 0.2) is 12.2 Å². The molecule has 0 aromatic carbocycles. The van der Waals surface area contributed by atoms with Gasteiger partial charge in [-0.15, -0.1) is 0 Å². The molecule has 0 N–H and O–H groups in total. The van der Waals surface area contributed by atoms with Crippen molar-refractivity contribution in [2.75, 3.05) is 7.11 Å². The lowest BCUT2D eigenvalue weighted by molar-refractivity contribution is -0.176. The number of carbonyl (C=O) groups excluding carboxylic acids is 2. The van der Waals surface area contributed by atoms with Gasteiger partial charge in [0.25, 0.3) is 0 Å². The second-order valence-electron chi connectivity index (χ2n) is 3.61. The summed E-state index contributed by atoms with van der Waals surface area (Å²) < 4.78 is 9.41. The van der Waals surface area contributed by atoms with E-state index in [4.69, 9.17) is 4.74 Å². The standard InChI is InChI=1S/C10H16O4/c1-7(2)6-8(11)14-10(3,4)9(12)13-5/h1,6H2,2-5H3. The highest BCUT2D eigenvalue weighted by atomic mass is 16.6. The van der Waals surface area contributed by atoms with Gasteiger partial charge in [0, 0.05) is 0 Å². The van der Waals surface area contributed by atoms with Crippen LogP contribution in [-0.4, -0.2) is 24.6 Å². The lowest BCUT2D eigenvalue weighted by atomic mass is 10.1. The van der Waals surface area contributed by atoms with Gasteiger partial charge in [-0.05, 0) is 20.8 Å². The van der Waals surface area contributed by atoms with Crippen LogP contribution in [0.3, 0.4) is 0 Å². The van der Waals surface area contributed by atoms with Crippen molar-refractivity contribution in [2.45, 2.75) is 32.8 Å². The van der Waals surface area contributed by atoms with E-state index >= 15 is 0 Å². The number of ether oxygens (including phenoxy) is 2. The summed E-state index contributed by atoms with van der Waals surface area (Å²) in [5.41, 5.74) is -0.544. The molecule has 0 saturated heterocycles. The van der Waals surface area contributed by atoms with Crippen molar-refractivity contribution in [3.63, 3.8) is 0 Å². The fourth-order valence-electron chi connectivity index (χ4n) is 0.855. The monoisotopic (exact) mass is 200 g/mol. The molecule has 4 nitrogen and oxygen atoms in total. The predicted molar refractivity (Wildman–Crippen MR) is 51.6 cm³/mol. The van der Waals surface area contributed by atoms with Gasteiger partial charge < -0.3 is 9.47 Å². The van der Waals surface area contributed by atoms with Gasteiger partial charge in [0.05, 0.1) is 13.5 Å². The zero-order chi connectivity index (χ0) is 11.4. The Labute approximate surface area is 83.9 Å². The highest BCUT2D eigenvalue weighted by Gasteiger charge is 2.32. The van der Waals surface area contributed by atoms with Gasteiger partial charge in [-0.3, -0.25) is 4.79 Å². The summed E-state index contributed by atoms with van der Waals surface area (Å²) in [6.45, 7) is 8.25. The molecule has 0 fully saturated rings. The average molecular weight is 200 g/mol. The third kappa shape index (κ3) is 4.07. The summed E-state index contributed by atoms with van der Waals surface area (Å²) in [6, 6.07) is 0. The molecule has 0 rings (SSSR count). The number of esters is 2. The highest BCUT2D eigenvalue weighted by Crippen LogP contribution is 2.13. The van der Waals surface area contributed by atoms with Crippen LogP contribution in [0.25, 0.3) is 0 Å². The fourth-order valence-corrected chi connectivity index (χ4v) is 0.855. The molecule has 0 bridgehead atoms.